The van der Waals surface area contributed by atoms with Crippen LogP contribution in [-0.4, -0.2) is 29.1 Å². The fraction of sp³-hybridized carbons (Fsp3) is 0.158. The summed E-state index contributed by atoms with van der Waals surface area (Å²) in [5, 5.41) is 10.8. The Bertz CT molecular complexity index is 846. The van der Waals surface area contributed by atoms with Crippen molar-refractivity contribution in [2.75, 3.05) is 18.9 Å². The number of thiophene rings is 1. The van der Waals surface area contributed by atoms with E-state index in [9.17, 15) is 4.79 Å². The number of hydrogen-bond donors (Lipinski definition) is 2. The number of nitrogens with two attached hydrogens (primary N) is 1. The lowest BCUT2D eigenvalue weighted by molar-refractivity contribution is 0.0988. The van der Waals surface area contributed by atoms with E-state index in [1.165, 1.54) is 6.20 Å². The van der Waals surface area contributed by atoms with Gasteiger partial charge in [0.25, 0.3) is 0 Å². The average molecular weight is 354 g/mol. The van der Waals surface area contributed by atoms with Crippen molar-refractivity contribution in [2.24, 2.45) is 0 Å². The number of benzene rings is 1. The minimum absolute atomic E-state index is 0.0689. The molecule has 3 N–H and O–H groups in total. The SMILES string of the molecule is Nc1ccc(-c2cccs2)cc1CC(=O)c1ccc(OCCO)cn1. The van der Waals surface area contributed by atoms with Crippen molar-refractivity contribution in [1.29, 1.82) is 0 Å². The molecule has 0 aliphatic rings. The molecule has 2 heterocycles. The molecule has 1 aromatic carbocycles. The highest BCUT2D eigenvalue weighted by atomic mass is 32.1. The van der Waals surface area contributed by atoms with Crippen molar-refractivity contribution in [3.8, 4) is 16.2 Å². The van der Waals surface area contributed by atoms with Gasteiger partial charge in [0.05, 0.1) is 12.8 Å². The minimum atomic E-state index is -0.108. The van der Waals surface area contributed by atoms with E-state index in [0.717, 1.165) is 16.0 Å². The summed E-state index contributed by atoms with van der Waals surface area (Å²) in [5.74, 6) is 0.411. The molecule has 0 saturated carbocycles. The summed E-state index contributed by atoms with van der Waals surface area (Å²) in [6.07, 6.45) is 1.67. The number of ether oxygens (including phenoxy) is 1. The predicted octanol–water partition coefficient (Wildman–Crippen LogP) is 3.19. The quantitative estimate of drug-likeness (QED) is 0.503. The summed E-state index contributed by atoms with van der Waals surface area (Å²) in [6.45, 7) is 0.127. The van der Waals surface area contributed by atoms with Gasteiger partial charge in [0.15, 0.2) is 5.78 Å². The molecule has 0 amide bonds. The summed E-state index contributed by atoms with van der Waals surface area (Å²) in [5.41, 5.74) is 8.83. The van der Waals surface area contributed by atoms with Gasteiger partial charge in [0.2, 0.25) is 0 Å². The first-order chi connectivity index (χ1) is 12.2. The first-order valence-electron chi connectivity index (χ1n) is 7.82. The molecule has 0 fully saturated rings. The van der Waals surface area contributed by atoms with E-state index in [1.54, 1.807) is 23.5 Å². The van der Waals surface area contributed by atoms with Crippen LogP contribution in [0.3, 0.4) is 0 Å². The average Bonchev–Trinajstić information content (AvgIpc) is 3.17. The molecule has 3 rings (SSSR count). The highest BCUT2D eigenvalue weighted by Gasteiger charge is 2.12. The van der Waals surface area contributed by atoms with Crippen molar-refractivity contribution >= 4 is 22.8 Å². The number of anilines is 1. The Morgan fingerprint density at radius 1 is 1.24 bits per heavy atom. The third-order valence-electron chi connectivity index (χ3n) is 3.68. The third-order valence-corrected chi connectivity index (χ3v) is 4.60. The van der Waals surface area contributed by atoms with Gasteiger partial charge in [0.1, 0.15) is 18.1 Å². The number of rotatable bonds is 7. The Labute approximate surface area is 149 Å². The molecule has 0 radical (unpaired) electrons. The second-order valence-electron chi connectivity index (χ2n) is 5.44. The number of nitrogens with zero attached hydrogens (tertiary/aromatic N) is 1. The van der Waals surface area contributed by atoms with Crippen LogP contribution in [0.25, 0.3) is 10.4 Å². The highest BCUT2D eigenvalue weighted by molar-refractivity contribution is 7.13. The Morgan fingerprint density at radius 3 is 2.80 bits per heavy atom. The zero-order valence-corrected chi connectivity index (χ0v) is 14.3. The molecular weight excluding hydrogens is 336 g/mol. The normalized spacial score (nSPS) is 10.6. The summed E-state index contributed by atoms with van der Waals surface area (Å²) < 4.78 is 5.24. The molecule has 128 valence electrons. The predicted molar refractivity (Wildman–Crippen MR) is 99.0 cm³/mol. The van der Waals surface area contributed by atoms with Gasteiger partial charge >= 0.3 is 0 Å². The molecule has 0 aliphatic heterocycles. The first-order valence-corrected chi connectivity index (χ1v) is 8.70. The fourth-order valence-electron chi connectivity index (χ4n) is 2.41. The van der Waals surface area contributed by atoms with E-state index in [1.807, 2.05) is 35.7 Å². The molecule has 0 atom stereocenters. The number of nitrogen functional groups attached to an aromatic ring is 1. The van der Waals surface area contributed by atoms with E-state index in [0.29, 0.717) is 17.1 Å². The lowest BCUT2D eigenvalue weighted by Gasteiger charge is -2.08. The van der Waals surface area contributed by atoms with Gasteiger partial charge in [-0.25, -0.2) is 4.98 Å². The zero-order chi connectivity index (χ0) is 17.6. The zero-order valence-electron chi connectivity index (χ0n) is 13.5. The second-order valence-corrected chi connectivity index (χ2v) is 6.39. The van der Waals surface area contributed by atoms with Gasteiger partial charge in [-0.15, -0.1) is 11.3 Å². The van der Waals surface area contributed by atoms with E-state index >= 15 is 0 Å². The second kappa shape index (κ2) is 7.92. The number of aromatic nitrogens is 1. The molecule has 6 heteroatoms. The Kier molecular flexibility index (Phi) is 5.42. The number of carbonyl (C=O) groups excluding carboxylic acids is 1. The standard InChI is InChI=1S/C19H18N2O3S/c20-16-5-3-13(19-2-1-9-25-19)10-14(16)11-18(23)17-6-4-15(12-21-17)24-8-7-22/h1-6,9-10,12,22H,7-8,11,20H2. The topological polar surface area (TPSA) is 85.4 Å². The lowest BCUT2D eigenvalue weighted by Crippen LogP contribution is -2.08. The van der Waals surface area contributed by atoms with Crippen molar-refractivity contribution in [2.45, 2.75) is 6.42 Å². The number of aliphatic hydroxyl groups excluding tert-OH is 1. The van der Waals surface area contributed by atoms with Crippen LogP contribution >= 0.6 is 11.3 Å². The van der Waals surface area contributed by atoms with Crippen LogP contribution in [-0.2, 0) is 6.42 Å². The molecule has 0 saturated heterocycles. The van der Waals surface area contributed by atoms with Gasteiger partial charge in [-0.05, 0) is 46.8 Å². The number of ketones is 1. The lowest BCUT2D eigenvalue weighted by atomic mass is 10.0. The summed E-state index contributed by atoms with van der Waals surface area (Å²) >= 11 is 1.64. The van der Waals surface area contributed by atoms with Crippen LogP contribution < -0.4 is 10.5 Å². The summed E-state index contributed by atoms with van der Waals surface area (Å²) in [4.78, 5) is 17.8. The first kappa shape index (κ1) is 17.1. The molecule has 0 bridgehead atoms. The van der Waals surface area contributed by atoms with Crippen LogP contribution in [0.5, 0.6) is 5.75 Å². The van der Waals surface area contributed by atoms with Gasteiger partial charge in [-0.1, -0.05) is 12.1 Å². The van der Waals surface area contributed by atoms with E-state index in [2.05, 4.69) is 4.98 Å². The van der Waals surface area contributed by atoms with E-state index in [-0.39, 0.29) is 25.4 Å². The van der Waals surface area contributed by atoms with E-state index < -0.39 is 0 Å². The van der Waals surface area contributed by atoms with Gasteiger partial charge < -0.3 is 15.6 Å². The van der Waals surface area contributed by atoms with Crippen LogP contribution in [0.4, 0.5) is 5.69 Å². The number of Topliss-reactive ketones (excluding diaryl/α,β-unsaturated/α-hetero) is 1. The molecular formula is C19H18N2O3S. The smallest absolute Gasteiger partial charge is 0.185 e. The third kappa shape index (κ3) is 4.23. The number of pyridine rings is 1. The van der Waals surface area contributed by atoms with Crippen molar-refractivity contribution in [3.05, 3.63) is 65.3 Å². The maximum absolute atomic E-state index is 12.5. The molecule has 25 heavy (non-hydrogen) atoms. The summed E-state index contributed by atoms with van der Waals surface area (Å²) in [6, 6.07) is 13.1. The Hall–Kier alpha value is -2.70. The number of aliphatic hydroxyl groups is 1. The van der Waals surface area contributed by atoms with Gasteiger partial charge in [0, 0.05) is 17.0 Å². The minimum Gasteiger partial charge on any atom is -0.490 e. The highest BCUT2D eigenvalue weighted by Crippen LogP contribution is 2.28. The van der Waals surface area contributed by atoms with Crippen molar-refractivity contribution < 1.29 is 14.6 Å². The molecule has 3 aromatic rings. The maximum atomic E-state index is 12.5. The van der Waals surface area contributed by atoms with Crippen molar-refractivity contribution in [3.63, 3.8) is 0 Å². The number of carbonyl (C=O) groups is 1. The van der Waals surface area contributed by atoms with Crippen LogP contribution in [0.15, 0.2) is 54.0 Å². The van der Waals surface area contributed by atoms with Crippen molar-refractivity contribution in [1.82, 2.24) is 4.98 Å². The molecule has 0 aliphatic carbocycles. The molecule has 5 nitrogen and oxygen atoms in total. The molecule has 2 aromatic heterocycles. The molecule has 0 spiro atoms. The van der Waals surface area contributed by atoms with Crippen LogP contribution in [0.2, 0.25) is 0 Å². The van der Waals surface area contributed by atoms with E-state index in [4.69, 9.17) is 15.6 Å². The monoisotopic (exact) mass is 354 g/mol. The summed E-state index contributed by atoms with van der Waals surface area (Å²) in [7, 11) is 0. The van der Waals surface area contributed by atoms with Crippen LogP contribution in [0.1, 0.15) is 16.1 Å². The molecule has 0 unspecified atom stereocenters. The number of hydrogen-bond acceptors (Lipinski definition) is 6. The largest absolute Gasteiger partial charge is 0.490 e. The maximum Gasteiger partial charge on any atom is 0.185 e. The van der Waals surface area contributed by atoms with Crippen LogP contribution in [0, 0.1) is 0 Å². The Morgan fingerprint density at radius 2 is 2.12 bits per heavy atom. The fourth-order valence-corrected chi connectivity index (χ4v) is 3.14. The van der Waals surface area contributed by atoms with Gasteiger partial charge in [-0.2, -0.15) is 0 Å². The Balaban J connectivity index is 1.75. The van der Waals surface area contributed by atoms with Gasteiger partial charge in [-0.3, -0.25) is 4.79 Å².